The van der Waals surface area contributed by atoms with Crippen LogP contribution in [0.5, 0.6) is 0 Å². The topological polar surface area (TPSA) is 12.4 Å². The van der Waals surface area contributed by atoms with Crippen LogP contribution in [-0.2, 0) is 6.42 Å². The van der Waals surface area contributed by atoms with Gasteiger partial charge in [0.05, 0.1) is 6.04 Å². The molecule has 0 N–H and O–H groups in total. The molecule has 1 aliphatic heterocycles. The Morgan fingerprint density at radius 2 is 2.00 bits per heavy atom. The molecule has 1 aliphatic rings. The number of fused-ring (bicyclic) bond motifs is 1. The summed E-state index contributed by atoms with van der Waals surface area (Å²) in [5.74, 6) is -1.58. The van der Waals surface area contributed by atoms with Gasteiger partial charge in [0.15, 0.2) is 11.6 Å². The Balaban J connectivity index is 2.52. The van der Waals surface area contributed by atoms with E-state index in [1.807, 2.05) is 6.92 Å². The molecular weight excluding hydrogens is 172 g/mol. The third-order valence-corrected chi connectivity index (χ3v) is 2.17. The highest BCUT2D eigenvalue weighted by Crippen LogP contribution is 2.19. The van der Waals surface area contributed by atoms with E-state index in [1.54, 1.807) is 6.21 Å². The van der Waals surface area contributed by atoms with Crippen molar-refractivity contribution in [2.75, 3.05) is 0 Å². The Morgan fingerprint density at radius 3 is 2.77 bits per heavy atom. The fourth-order valence-corrected chi connectivity index (χ4v) is 1.48. The number of benzene rings is 1. The second-order valence-corrected chi connectivity index (χ2v) is 3.30. The standard InChI is InChI=1S/C10H9F2N/c1-6-2-7-3-9(11)10(12)4-8(7)5-13-6/h3-6H,2H2,1H3. The summed E-state index contributed by atoms with van der Waals surface area (Å²) in [7, 11) is 0. The van der Waals surface area contributed by atoms with Gasteiger partial charge in [-0.25, -0.2) is 8.78 Å². The zero-order chi connectivity index (χ0) is 9.42. The highest BCUT2D eigenvalue weighted by Gasteiger charge is 2.14. The van der Waals surface area contributed by atoms with Crippen LogP contribution in [0.4, 0.5) is 8.78 Å². The van der Waals surface area contributed by atoms with Gasteiger partial charge in [0.25, 0.3) is 0 Å². The van der Waals surface area contributed by atoms with Crippen molar-refractivity contribution in [3.63, 3.8) is 0 Å². The predicted molar refractivity (Wildman–Crippen MR) is 47.1 cm³/mol. The van der Waals surface area contributed by atoms with Crippen LogP contribution in [-0.4, -0.2) is 12.3 Å². The summed E-state index contributed by atoms with van der Waals surface area (Å²) < 4.78 is 25.6. The van der Waals surface area contributed by atoms with Crippen LogP contribution >= 0.6 is 0 Å². The number of rotatable bonds is 0. The Bertz CT molecular complexity index is 371. The van der Waals surface area contributed by atoms with Gasteiger partial charge in [-0.2, -0.15) is 0 Å². The number of hydrogen-bond donors (Lipinski definition) is 0. The van der Waals surface area contributed by atoms with Gasteiger partial charge in [0.2, 0.25) is 0 Å². The lowest BCUT2D eigenvalue weighted by Gasteiger charge is -2.14. The molecule has 3 heteroatoms. The SMILES string of the molecule is CC1Cc2cc(F)c(F)cc2C=N1. The van der Waals surface area contributed by atoms with Crippen LogP contribution < -0.4 is 0 Å². The molecule has 0 fully saturated rings. The zero-order valence-corrected chi connectivity index (χ0v) is 7.22. The molecule has 1 aromatic carbocycles. The molecule has 1 heterocycles. The number of halogens is 2. The van der Waals surface area contributed by atoms with E-state index in [0.717, 1.165) is 5.56 Å². The van der Waals surface area contributed by atoms with Crippen molar-refractivity contribution >= 4 is 6.21 Å². The second-order valence-electron chi connectivity index (χ2n) is 3.30. The van der Waals surface area contributed by atoms with E-state index in [4.69, 9.17) is 0 Å². The molecule has 13 heavy (non-hydrogen) atoms. The van der Waals surface area contributed by atoms with Crippen LogP contribution in [0, 0.1) is 11.6 Å². The summed E-state index contributed by atoms with van der Waals surface area (Å²) in [5.41, 5.74) is 1.53. The average Bonchev–Trinajstić information content (AvgIpc) is 2.08. The summed E-state index contributed by atoms with van der Waals surface area (Å²) >= 11 is 0. The molecule has 0 saturated carbocycles. The molecule has 2 rings (SSSR count). The third kappa shape index (κ3) is 1.46. The van der Waals surface area contributed by atoms with Gasteiger partial charge in [-0.15, -0.1) is 0 Å². The van der Waals surface area contributed by atoms with Crippen molar-refractivity contribution < 1.29 is 8.78 Å². The molecule has 68 valence electrons. The van der Waals surface area contributed by atoms with Gasteiger partial charge in [-0.1, -0.05) is 0 Å². The van der Waals surface area contributed by atoms with Gasteiger partial charge < -0.3 is 0 Å². The molecule has 1 unspecified atom stereocenters. The van der Waals surface area contributed by atoms with E-state index in [-0.39, 0.29) is 6.04 Å². The summed E-state index contributed by atoms with van der Waals surface area (Å²) in [5, 5.41) is 0. The van der Waals surface area contributed by atoms with Gasteiger partial charge in [-0.05, 0) is 36.6 Å². The van der Waals surface area contributed by atoms with Crippen molar-refractivity contribution in [3.8, 4) is 0 Å². The van der Waals surface area contributed by atoms with E-state index in [0.29, 0.717) is 12.0 Å². The fraction of sp³-hybridized carbons (Fsp3) is 0.300. The molecule has 0 aromatic heterocycles. The van der Waals surface area contributed by atoms with Crippen LogP contribution in [0.25, 0.3) is 0 Å². The molecule has 0 saturated heterocycles. The maximum atomic E-state index is 12.8. The molecule has 0 amide bonds. The van der Waals surface area contributed by atoms with E-state index in [2.05, 4.69) is 4.99 Å². The quantitative estimate of drug-likeness (QED) is 0.582. The molecule has 0 bridgehead atoms. The van der Waals surface area contributed by atoms with Crippen LogP contribution in [0.1, 0.15) is 18.1 Å². The molecule has 1 atom stereocenters. The summed E-state index contributed by atoms with van der Waals surface area (Å²) in [6.07, 6.45) is 2.29. The van der Waals surface area contributed by atoms with Crippen LogP contribution in [0.2, 0.25) is 0 Å². The van der Waals surface area contributed by atoms with Crippen molar-refractivity contribution in [2.45, 2.75) is 19.4 Å². The van der Waals surface area contributed by atoms with E-state index >= 15 is 0 Å². The predicted octanol–water partition coefficient (Wildman–Crippen LogP) is 2.33. The Hall–Kier alpha value is -1.25. The minimum Gasteiger partial charge on any atom is -0.289 e. The first kappa shape index (κ1) is 8.35. The Morgan fingerprint density at radius 1 is 1.31 bits per heavy atom. The van der Waals surface area contributed by atoms with Crippen LogP contribution in [0.3, 0.4) is 0 Å². The molecule has 1 aromatic rings. The zero-order valence-electron chi connectivity index (χ0n) is 7.22. The second kappa shape index (κ2) is 2.91. The molecular formula is C10H9F2N. The lowest BCUT2D eigenvalue weighted by atomic mass is 9.99. The van der Waals surface area contributed by atoms with Crippen LogP contribution in [0.15, 0.2) is 17.1 Å². The van der Waals surface area contributed by atoms with Crippen molar-refractivity contribution in [1.82, 2.24) is 0 Å². The fourth-order valence-electron chi connectivity index (χ4n) is 1.48. The largest absolute Gasteiger partial charge is 0.289 e. The maximum absolute atomic E-state index is 12.8. The van der Waals surface area contributed by atoms with Crippen molar-refractivity contribution in [3.05, 3.63) is 34.9 Å². The number of nitrogens with zero attached hydrogens (tertiary/aromatic N) is 1. The lowest BCUT2D eigenvalue weighted by Crippen LogP contribution is -2.12. The van der Waals surface area contributed by atoms with Gasteiger partial charge >= 0.3 is 0 Å². The normalized spacial score (nSPS) is 20.1. The van der Waals surface area contributed by atoms with Gasteiger partial charge in [0.1, 0.15) is 0 Å². The Kier molecular flexibility index (Phi) is 1.87. The van der Waals surface area contributed by atoms with E-state index < -0.39 is 11.6 Å². The smallest absolute Gasteiger partial charge is 0.159 e. The first-order valence-electron chi connectivity index (χ1n) is 4.18. The van der Waals surface area contributed by atoms with Gasteiger partial charge in [0, 0.05) is 6.21 Å². The highest BCUT2D eigenvalue weighted by atomic mass is 19.2. The average molecular weight is 181 g/mol. The molecule has 0 spiro atoms. The van der Waals surface area contributed by atoms with Crippen molar-refractivity contribution in [1.29, 1.82) is 0 Å². The minimum atomic E-state index is -0.806. The summed E-state index contributed by atoms with van der Waals surface area (Å²) in [6, 6.07) is 2.62. The molecule has 1 nitrogen and oxygen atoms in total. The number of hydrogen-bond acceptors (Lipinski definition) is 1. The summed E-state index contributed by atoms with van der Waals surface area (Å²) in [4.78, 5) is 4.13. The third-order valence-electron chi connectivity index (χ3n) is 2.17. The van der Waals surface area contributed by atoms with Crippen molar-refractivity contribution in [2.24, 2.45) is 4.99 Å². The van der Waals surface area contributed by atoms with E-state index in [1.165, 1.54) is 12.1 Å². The van der Waals surface area contributed by atoms with Gasteiger partial charge in [-0.3, -0.25) is 4.99 Å². The molecule has 0 radical (unpaired) electrons. The first-order valence-corrected chi connectivity index (χ1v) is 4.18. The first-order chi connectivity index (χ1) is 6.16. The van der Waals surface area contributed by atoms with E-state index in [9.17, 15) is 8.78 Å². The maximum Gasteiger partial charge on any atom is 0.159 e. The Labute approximate surface area is 75.1 Å². The minimum absolute atomic E-state index is 0.164. The number of aliphatic imine (C=N–C) groups is 1. The molecule has 0 aliphatic carbocycles. The monoisotopic (exact) mass is 181 g/mol. The highest BCUT2D eigenvalue weighted by molar-refractivity contribution is 5.83. The lowest BCUT2D eigenvalue weighted by molar-refractivity contribution is 0.505. The summed E-state index contributed by atoms with van der Waals surface area (Å²) in [6.45, 7) is 1.95.